The summed E-state index contributed by atoms with van der Waals surface area (Å²) < 4.78 is 37.2. The number of carbonyl (C=O) groups is 1. The topological polar surface area (TPSA) is 59.3 Å². The summed E-state index contributed by atoms with van der Waals surface area (Å²) in [5.74, 6) is -1.57. The highest BCUT2D eigenvalue weighted by Gasteiger charge is 2.37. The summed E-state index contributed by atoms with van der Waals surface area (Å²) in [5.41, 5.74) is -3.15. The zero-order chi connectivity index (χ0) is 12.7. The first kappa shape index (κ1) is 12.8. The summed E-state index contributed by atoms with van der Waals surface area (Å²) in [6, 6.07) is 0.646. The molecule has 0 aromatic carbocycles. The number of aromatic nitrogens is 1. The van der Waals surface area contributed by atoms with Crippen LogP contribution in [0.2, 0.25) is 0 Å². The fourth-order valence-electron chi connectivity index (χ4n) is 1.18. The Bertz CT molecular complexity index is 506. The van der Waals surface area contributed by atoms with Crippen molar-refractivity contribution in [3.63, 3.8) is 0 Å². The van der Waals surface area contributed by atoms with Crippen molar-refractivity contribution < 1.29 is 23.1 Å². The van der Waals surface area contributed by atoms with E-state index >= 15 is 0 Å². The van der Waals surface area contributed by atoms with Gasteiger partial charge < -0.3 is 9.67 Å². The number of hydrogen-bond acceptors (Lipinski definition) is 2. The molecule has 0 spiro atoms. The van der Waals surface area contributed by atoms with Crippen molar-refractivity contribution in [2.75, 3.05) is 0 Å². The van der Waals surface area contributed by atoms with Crippen molar-refractivity contribution in [2.24, 2.45) is 7.05 Å². The van der Waals surface area contributed by atoms with E-state index in [-0.39, 0.29) is 4.57 Å². The third kappa shape index (κ3) is 2.11. The van der Waals surface area contributed by atoms with Gasteiger partial charge in [-0.25, -0.2) is 4.79 Å². The quantitative estimate of drug-likeness (QED) is 0.861. The molecule has 0 unspecified atom stereocenters. The number of carboxylic acids is 1. The molecule has 1 heterocycles. The molecule has 1 N–H and O–H groups in total. The average Bonchev–Trinajstić information content (AvgIpc) is 2.08. The molecule has 0 saturated heterocycles. The standard InChI is InChI=1S/C8H5BrF3NO3/c1-13-5(8(10,11)12)4(9)2-3(6(13)14)7(15)16/h2H,1H3,(H,15,16). The van der Waals surface area contributed by atoms with E-state index < -0.39 is 33.4 Å². The predicted octanol–water partition coefficient (Wildman–Crippen LogP) is 1.86. The molecular weight excluding hydrogens is 295 g/mol. The Morgan fingerprint density at radius 1 is 1.50 bits per heavy atom. The van der Waals surface area contributed by atoms with Crippen LogP contribution in [0.4, 0.5) is 13.2 Å². The molecule has 0 aliphatic carbocycles. The van der Waals surface area contributed by atoms with Crippen molar-refractivity contribution in [1.82, 2.24) is 4.57 Å². The second-order valence-corrected chi connectivity index (χ2v) is 3.78. The highest BCUT2D eigenvalue weighted by Crippen LogP contribution is 2.33. The van der Waals surface area contributed by atoms with Gasteiger partial charge >= 0.3 is 12.1 Å². The number of aromatic carboxylic acids is 1. The molecule has 16 heavy (non-hydrogen) atoms. The number of halogens is 4. The number of carboxylic acid groups (broad SMARTS) is 1. The Morgan fingerprint density at radius 3 is 2.38 bits per heavy atom. The first-order chi connectivity index (χ1) is 7.16. The number of rotatable bonds is 1. The molecule has 88 valence electrons. The molecule has 8 heteroatoms. The lowest BCUT2D eigenvalue weighted by molar-refractivity contribution is -0.144. The maximum atomic E-state index is 12.5. The highest BCUT2D eigenvalue weighted by molar-refractivity contribution is 9.10. The number of nitrogens with zero attached hydrogens (tertiary/aromatic N) is 1. The average molecular weight is 300 g/mol. The van der Waals surface area contributed by atoms with Gasteiger partial charge in [0.25, 0.3) is 5.56 Å². The summed E-state index contributed by atoms with van der Waals surface area (Å²) in [6.45, 7) is 0. The van der Waals surface area contributed by atoms with Crippen LogP contribution in [0.3, 0.4) is 0 Å². The summed E-state index contributed by atoms with van der Waals surface area (Å²) in [4.78, 5) is 21.9. The van der Waals surface area contributed by atoms with Crippen LogP contribution in [-0.4, -0.2) is 15.6 Å². The van der Waals surface area contributed by atoms with Crippen LogP contribution in [0.25, 0.3) is 0 Å². The minimum atomic E-state index is -4.73. The SMILES string of the molecule is Cn1c(C(F)(F)F)c(Br)cc(C(=O)O)c1=O. The van der Waals surface area contributed by atoms with Gasteiger partial charge in [0.1, 0.15) is 11.3 Å². The number of hydrogen-bond donors (Lipinski definition) is 1. The van der Waals surface area contributed by atoms with E-state index in [0.29, 0.717) is 6.07 Å². The molecule has 0 bridgehead atoms. The van der Waals surface area contributed by atoms with Crippen LogP contribution in [-0.2, 0) is 13.2 Å². The molecule has 0 aliphatic heterocycles. The van der Waals surface area contributed by atoms with E-state index in [1.165, 1.54) is 0 Å². The van der Waals surface area contributed by atoms with E-state index in [1.54, 1.807) is 0 Å². The smallest absolute Gasteiger partial charge is 0.432 e. The Kier molecular flexibility index (Phi) is 3.13. The van der Waals surface area contributed by atoms with Gasteiger partial charge in [-0.2, -0.15) is 13.2 Å². The molecule has 1 rings (SSSR count). The molecule has 0 atom stereocenters. The van der Waals surface area contributed by atoms with Crippen LogP contribution < -0.4 is 5.56 Å². The van der Waals surface area contributed by atoms with Crippen molar-refractivity contribution >= 4 is 21.9 Å². The molecule has 4 nitrogen and oxygen atoms in total. The minimum absolute atomic E-state index is 0.257. The fourth-order valence-corrected chi connectivity index (χ4v) is 1.90. The lowest BCUT2D eigenvalue weighted by Gasteiger charge is -2.14. The Hall–Kier alpha value is -1.31. The van der Waals surface area contributed by atoms with Crippen molar-refractivity contribution in [2.45, 2.75) is 6.18 Å². The van der Waals surface area contributed by atoms with Gasteiger partial charge in [-0.05, 0) is 22.0 Å². The molecule has 1 aromatic rings. The molecule has 0 saturated carbocycles. The van der Waals surface area contributed by atoms with Gasteiger partial charge in [0.2, 0.25) is 0 Å². The van der Waals surface area contributed by atoms with E-state index in [2.05, 4.69) is 15.9 Å². The van der Waals surface area contributed by atoms with Gasteiger partial charge in [-0.1, -0.05) is 0 Å². The maximum absolute atomic E-state index is 12.5. The Morgan fingerprint density at radius 2 is 2.00 bits per heavy atom. The molecular formula is C8H5BrF3NO3. The zero-order valence-corrected chi connectivity index (χ0v) is 9.39. The number of alkyl halides is 3. The molecule has 0 amide bonds. The van der Waals surface area contributed by atoms with Crippen molar-refractivity contribution in [3.8, 4) is 0 Å². The monoisotopic (exact) mass is 299 g/mol. The minimum Gasteiger partial charge on any atom is -0.477 e. The molecule has 0 aliphatic rings. The van der Waals surface area contributed by atoms with Crippen molar-refractivity contribution in [1.29, 1.82) is 0 Å². The van der Waals surface area contributed by atoms with Crippen LogP contribution in [0.15, 0.2) is 15.3 Å². The molecule has 0 fully saturated rings. The van der Waals surface area contributed by atoms with Crippen LogP contribution in [0.1, 0.15) is 16.1 Å². The summed E-state index contributed by atoms with van der Waals surface area (Å²) in [6.07, 6.45) is -4.73. The van der Waals surface area contributed by atoms with Crippen LogP contribution in [0, 0.1) is 0 Å². The van der Waals surface area contributed by atoms with Crippen LogP contribution in [0.5, 0.6) is 0 Å². The van der Waals surface area contributed by atoms with Crippen LogP contribution >= 0.6 is 15.9 Å². The predicted molar refractivity (Wildman–Crippen MR) is 51.3 cm³/mol. The Labute approximate surface area is 95.4 Å². The lowest BCUT2D eigenvalue weighted by atomic mass is 10.2. The molecule has 0 radical (unpaired) electrons. The molecule has 1 aromatic heterocycles. The largest absolute Gasteiger partial charge is 0.477 e. The third-order valence-electron chi connectivity index (χ3n) is 1.87. The van der Waals surface area contributed by atoms with Gasteiger partial charge in [-0.15, -0.1) is 0 Å². The third-order valence-corrected chi connectivity index (χ3v) is 2.47. The van der Waals surface area contributed by atoms with E-state index in [9.17, 15) is 22.8 Å². The second-order valence-electron chi connectivity index (χ2n) is 2.92. The highest BCUT2D eigenvalue weighted by atomic mass is 79.9. The van der Waals surface area contributed by atoms with E-state index in [1.807, 2.05) is 0 Å². The van der Waals surface area contributed by atoms with Gasteiger partial charge in [0, 0.05) is 11.5 Å². The maximum Gasteiger partial charge on any atom is 0.432 e. The van der Waals surface area contributed by atoms with Crippen molar-refractivity contribution in [3.05, 3.63) is 32.2 Å². The van der Waals surface area contributed by atoms with E-state index in [0.717, 1.165) is 7.05 Å². The Balaban J connectivity index is 3.66. The normalized spacial score (nSPS) is 11.6. The number of pyridine rings is 1. The fraction of sp³-hybridized carbons (Fsp3) is 0.250. The first-order valence-corrected chi connectivity index (χ1v) is 4.65. The summed E-state index contributed by atoms with van der Waals surface area (Å²) in [7, 11) is 0.863. The lowest BCUT2D eigenvalue weighted by Crippen LogP contribution is -2.30. The van der Waals surface area contributed by atoms with E-state index in [4.69, 9.17) is 5.11 Å². The van der Waals surface area contributed by atoms with Gasteiger partial charge in [0.15, 0.2) is 0 Å². The summed E-state index contributed by atoms with van der Waals surface area (Å²) >= 11 is 2.59. The summed E-state index contributed by atoms with van der Waals surface area (Å²) in [5, 5.41) is 8.59. The van der Waals surface area contributed by atoms with Gasteiger partial charge in [-0.3, -0.25) is 4.79 Å². The first-order valence-electron chi connectivity index (χ1n) is 3.86. The van der Waals surface area contributed by atoms with Gasteiger partial charge in [0.05, 0.1) is 0 Å². The second kappa shape index (κ2) is 3.93. The zero-order valence-electron chi connectivity index (χ0n) is 7.80.